The van der Waals surface area contributed by atoms with E-state index in [9.17, 15) is 9.90 Å². The third-order valence-corrected chi connectivity index (χ3v) is 6.21. The summed E-state index contributed by atoms with van der Waals surface area (Å²) in [6, 6.07) is 15.4. The number of phenolic OH excluding ortho intramolecular Hbond substituents is 1. The summed E-state index contributed by atoms with van der Waals surface area (Å²) in [7, 11) is 0. The predicted octanol–water partition coefficient (Wildman–Crippen LogP) is 5.42. The Labute approximate surface area is 192 Å². The Balaban J connectivity index is 1.58. The van der Waals surface area contributed by atoms with Crippen molar-refractivity contribution in [3.05, 3.63) is 59.7 Å². The molecule has 1 atom stereocenters. The lowest BCUT2D eigenvalue weighted by Gasteiger charge is -2.32. The van der Waals surface area contributed by atoms with Crippen molar-refractivity contribution in [2.45, 2.75) is 39.7 Å². The number of hydrogen-bond donors (Lipinski definition) is 3. The average Bonchev–Trinajstić information content (AvgIpc) is 3.45. The van der Waals surface area contributed by atoms with E-state index < -0.39 is 0 Å². The van der Waals surface area contributed by atoms with Gasteiger partial charge in [-0.05, 0) is 36.0 Å². The maximum absolute atomic E-state index is 12.8. The number of para-hydroxylation sites is 1. The minimum absolute atomic E-state index is 0.00447. The summed E-state index contributed by atoms with van der Waals surface area (Å²) >= 11 is 1.09. The molecule has 2 heterocycles. The van der Waals surface area contributed by atoms with Crippen LogP contribution in [0, 0.1) is 5.41 Å². The Morgan fingerprint density at radius 1 is 1.03 bits per heavy atom. The van der Waals surface area contributed by atoms with Gasteiger partial charge in [0.25, 0.3) is 5.91 Å². The molecule has 8 heteroatoms. The Hall–Kier alpha value is -3.13. The molecule has 3 N–H and O–H groups in total. The number of nitrogens with zero attached hydrogens (tertiary/aromatic N) is 3. The molecule has 1 amide bonds. The van der Waals surface area contributed by atoms with Crippen molar-refractivity contribution in [3.8, 4) is 5.75 Å². The molecule has 1 aliphatic rings. The number of carbonyl (C=O) groups excluding carboxylic acids is 1. The van der Waals surface area contributed by atoms with Crippen LogP contribution in [0.1, 0.15) is 55.6 Å². The molecule has 0 spiro atoms. The third-order valence-electron chi connectivity index (χ3n) is 5.68. The fraction of sp³-hybridized carbons (Fsp3) is 0.375. The first-order chi connectivity index (χ1) is 15.3. The van der Waals surface area contributed by atoms with Crippen molar-refractivity contribution in [1.29, 1.82) is 0 Å². The van der Waals surface area contributed by atoms with Crippen LogP contribution >= 0.6 is 11.7 Å². The van der Waals surface area contributed by atoms with Crippen LogP contribution in [0.25, 0.3) is 0 Å². The summed E-state index contributed by atoms with van der Waals surface area (Å²) in [4.78, 5) is 14.6. The topological polar surface area (TPSA) is 90.4 Å². The fourth-order valence-corrected chi connectivity index (χ4v) is 4.46. The van der Waals surface area contributed by atoms with Crippen LogP contribution in [0.2, 0.25) is 0 Å². The number of hydrogen-bond acceptors (Lipinski definition) is 7. The van der Waals surface area contributed by atoms with E-state index in [0.717, 1.165) is 43.2 Å². The van der Waals surface area contributed by atoms with Gasteiger partial charge in [-0.25, -0.2) is 0 Å². The number of aromatic hydroxyl groups is 1. The van der Waals surface area contributed by atoms with Crippen molar-refractivity contribution in [1.82, 2.24) is 13.6 Å². The van der Waals surface area contributed by atoms with Gasteiger partial charge in [0, 0.05) is 13.1 Å². The molecule has 0 unspecified atom stereocenters. The van der Waals surface area contributed by atoms with E-state index in [0.29, 0.717) is 22.9 Å². The van der Waals surface area contributed by atoms with Gasteiger partial charge in [-0.15, -0.1) is 0 Å². The summed E-state index contributed by atoms with van der Waals surface area (Å²) in [5.74, 6) is 0.907. The second kappa shape index (κ2) is 9.16. The smallest absolute Gasteiger partial charge is 0.257 e. The maximum Gasteiger partial charge on any atom is 0.257 e. The second-order valence-corrected chi connectivity index (χ2v) is 9.67. The first kappa shape index (κ1) is 22.1. The highest BCUT2D eigenvalue weighted by molar-refractivity contribution is 6.99. The molecular weight excluding hydrogens is 422 g/mol. The highest BCUT2D eigenvalue weighted by atomic mass is 32.1. The Morgan fingerprint density at radius 2 is 1.72 bits per heavy atom. The Morgan fingerprint density at radius 3 is 2.41 bits per heavy atom. The quantitative estimate of drug-likeness (QED) is 0.434. The van der Waals surface area contributed by atoms with Crippen molar-refractivity contribution in [2.75, 3.05) is 23.7 Å². The Kier molecular flexibility index (Phi) is 6.32. The van der Waals surface area contributed by atoms with Crippen molar-refractivity contribution in [2.24, 2.45) is 5.41 Å². The van der Waals surface area contributed by atoms with Gasteiger partial charge in [0.15, 0.2) is 17.4 Å². The summed E-state index contributed by atoms with van der Waals surface area (Å²) in [6.45, 7) is 7.97. The van der Waals surface area contributed by atoms with Crippen LogP contribution in [0.4, 0.5) is 17.3 Å². The lowest BCUT2D eigenvalue weighted by atomic mass is 9.82. The number of anilines is 3. The highest BCUT2D eigenvalue weighted by Gasteiger charge is 2.28. The molecule has 1 aliphatic heterocycles. The summed E-state index contributed by atoms with van der Waals surface area (Å²) < 4.78 is 8.83. The molecule has 0 saturated carbocycles. The standard InChI is InChI=1S/C24H29N5O2S/c1-24(2,3)20(16-10-5-4-6-11-16)26-22-21(27-32-28-22)25-18-13-9-12-17(19(18)30)23(31)29-14-7-8-15-29/h4-6,9-13,20,30H,7-8,14-15H2,1-3H3,(H,25,27)(H,26,28)/t20-/m0/s1. The predicted molar refractivity (Wildman–Crippen MR) is 129 cm³/mol. The molecule has 0 aliphatic carbocycles. The van der Waals surface area contributed by atoms with Crippen LogP contribution in [0.5, 0.6) is 5.75 Å². The molecule has 4 rings (SSSR count). The van der Waals surface area contributed by atoms with Crippen molar-refractivity contribution in [3.63, 3.8) is 0 Å². The van der Waals surface area contributed by atoms with Crippen LogP contribution < -0.4 is 10.6 Å². The van der Waals surface area contributed by atoms with Gasteiger partial charge in [0.2, 0.25) is 0 Å². The van der Waals surface area contributed by atoms with E-state index in [1.54, 1.807) is 23.1 Å². The summed E-state index contributed by atoms with van der Waals surface area (Å²) in [5, 5.41) is 17.5. The first-order valence-corrected chi connectivity index (χ1v) is 11.6. The van der Waals surface area contributed by atoms with E-state index in [1.807, 2.05) is 18.2 Å². The van der Waals surface area contributed by atoms with E-state index in [2.05, 4.69) is 52.3 Å². The lowest BCUT2D eigenvalue weighted by Crippen LogP contribution is -2.27. The minimum Gasteiger partial charge on any atom is -0.505 e. The Bertz CT molecular complexity index is 1070. The monoisotopic (exact) mass is 451 g/mol. The molecule has 168 valence electrons. The number of benzene rings is 2. The van der Waals surface area contributed by atoms with Crippen LogP contribution in [-0.2, 0) is 0 Å². The number of phenols is 1. The molecule has 32 heavy (non-hydrogen) atoms. The van der Waals surface area contributed by atoms with Crippen molar-refractivity contribution >= 4 is 35.0 Å². The van der Waals surface area contributed by atoms with Crippen LogP contribution in [-0.4, -0.2) is 37.8 Å². The number of carbonyl (C=O) groups is 1. The number of nitrogens with one attached hydrogen (secondary N) is 2. The number of rotatable bonds is 6. The summed E-state index contributed by atoms with van der Waals surface area (Å²) in [5.41, 5.74) is 1.80. The van der Waals surface area contributed by atoms with E-state index in [-0.39, 0.29) is 23.1 Å². The minimum atomic E-state index is -0.143. The number of amides is 1. The lowest BCUT2D eigenvalue weighted by molar-refractivity contribution is 0.0790. The van der Waals surface area contributed by atoms with Gasteiger partial charge in [0.05, 0.1) is 29.0 Å². The molecule has 7 nitrogen and oxygen atoms in total. The zero-order valence-corrected chi connectivity index (χ0v) is 19.4. The number of likely N-dealkylation sites (tertiary alicyclic amines) is 1. The second-order valence-electron chi connectivity index (χ2n) is 9.14. The molecule has 3 aromatic rings. The van der Waals surface area contributed by atoms with Gasteiger partial charge in [-0.3, -0.25) is 4.79 Å². The average molecular weight is 452 g/mol. The zero-order valence-electron chi connectivity index (χ0n) is 18.6. The van der Waals surface area contributed by atoms with Gasteiger partial charge < -0.3 is 20.6 Å². The molecule has 1 saturated heterocycles. The van der Waals surface area contributed by atoms with Gasteiger partial charge >= 0.3 is 0 Å². The van der Waals surface area contributed by atoms with Crippen molar-refractivity contribution < 1.29 is 9.90 Å². The van der Waals surface area contributed by atoms with E-state index in [1.165, 1.54) is 0 Å². The van der Waals surface area contributed by atoms with E-state index in [4.69, 9.17) is 0 Å². The highest BCUT2D eigenvalue weighted by Crippen LogP contribution is 2.38. The number of aromatic nitrogens is 2. The summed E-state index contributed by atoms with van der Waals surface area (Å²) in [6.07, 6.45) is 2.00. The molecule has 1 fully saturated rings. The van der Waals surface area contributed by atoms with Gasteiger partial charge in [-0.2, -0.15) is 8.75 Å². The molecular formula is C24H29N5O2S. The third kappa shape index (κ3) is 4.70. The van der Waals surface area contributed by atoms with E-state index >= 15 is 0 Å². The van der Waals surface area contributed by atoms with Gasteiger partial charge in [0.1, 0.15) is 0 Å². The molecule has 0 bridgehead atoms. The molecule has 1 aromatic heterocycles. The first-order valence-electron chi connectivity index (χ1n) is 10.9. The maximum atomic E-state index is 12.8. The van der Waals surface area contributed by atoms with Crippen LogP contribution in [0.3, 0.4) is 0 Å². The largest absolute Gasteiger partial charge is 0.505 e. The van der Waals surface area contributed by atoms with Gasteiger partial charge in [-0.1, -0.05) is 57.2 Å². The molecule has 2 aromatic carbocycles. The van der Waals surface area contributed by atoms with Crippen LogP contribution in [0.15, 0.2) is 48.5 Å². The zero-order chi connectivity index (χ0) is 22.7. The normalized spacial score (nSPS) is 14.9. The fourth-order valence-electron chi connectivity index (χ4n) is 3.98. The molecule has 0 radical (unpaired) electrons. The SMILES string of the molecule is CC(C)(C)[C@@H](Nc1nsnc1Nc1cccc(C(=O)N2CCCC2)c1O)c1ccccc1.